The Bertz CT molecular complexity index is 865. The van der Waals surface area contributed by atoms with Gasteiger partial charge in [0.15, 0.2) is 0 Å². The third kappa shape index (κ3) is 5.65. The van der Waals surface area contributed by atoms with Crippen molar-refractivity contribution in [3.05, 3.63) is 25.3 Å². The molecule has 0 aliphatic carbocycles. The number of unbranched alkanes of at least 4 members (excludes halogenated alkanes) is 3. The van der Waals surface area contributed by atoms with Crippen molar-refractivity contribution in [3.8, 4) is 0 Å². The average molecular weight is 535 g/mol. The lowest BCUT2D eigenvalue weighted by atomic mass is 9.66. The van der Waals surface area contributed by atoms with Crippen LogP contribution in [0.15, 0.2) is 25.3 Å². The number of amides is 2. The number of carbonyl (C=O) groups is 3. The topological polar surface area (TPSA) is 87.1 Å². The number of aliphatic hydroxyl groups excluding tert-OH is 1. The summed E-state index contributed by atoms with van der Waals surface area (Å²) in [5.41, 5.74) is 0. The van der Waals surface area contributed by atoms with Crippen molar-refractivity contribution in [1.29, 1.82) is 0 Å². The molecule has 208 valence electrons. The Morgan fingerprint density at radius 3 is 2.65 bits per heavy atom. The molecule has 0 radical (unpaired) electrons. The van der Waals surface area contributed by atoms with Crippen molar-refractivity contribution in [1.82, 2.24) is 9.80 Å². The monoisotopic (exact) mass is 534 g/mol. The predicted molar refractivity (Wildman–Crippen MR) is 148 cm³/mol. The molecule has 1 N–H and O–H groups in total. The lowest BCUT2D eigenvalue weighted by Gasteiger charge is -2.39. The van der Waals surface area contributed by atoms with Crippen LogP contribution < -0.4 is 0 Å². The number of likely N-dealkylation sites (tertiary alicyclic amines) is 1. The Kier molecular flexibility index (Phi) is 10.3. The van der Waals surface area contributed by atoms with E-state index in [0.717, 1.165) is 44.9 Å². The highest BCUT2D eigenvalue weighted by atomic mass is 32.2. The summed E-state index contributed by atoms with van der Waals surface area (Å²) in [4.78, 5) is 45.5. The zero-order chi connectivity index (χ0) is 27.2. The first kappa shape index (κ1) is 29.8. The Balaban J connectivity index is 1.94. The molecule has 0 saturated carbocycles. The fraction of sp³-hybridized carbons (Fsp3) is 0.759. The minimum atomic E-state index is -0.639. The smallest absolute Gasteiger partial charge is 0.311 e. The highest BCUT2D eigenvalue weighted by molar-refractivity contribution is 8.02. The number of rotatable bonds is 16. The zero-order valence-corrected chi connectivity index (χ0v) is 23.8. The normalized spacial score (nSPS) is 30.8. The predicted octanol–water partition coefficient (Wildman–Crippen LogP) is 4.34. The van der Waals surface area contributed by atoms with Gasteiger partial charge >= 0.3 is 5.97 Å². The molecule has 0 aromatic heterocycles. The van der Waals surface area contributed by atoms with Crippen molar-refractivity contribution < 1.29 is 24.2 Å². The van der Waals surface area contributed by atoms with Crippen LogP contribution in [0.3, 0.4) is 0 Å². The molecule has 3 heterocycles. The fourth-order valence-corrected chi connectivity index (χ4v) is 9.05. The number of hydrogen-bond donors (Lipinski definition) is 1. The zero-order valence-electron chi connectivity index (χ0n) is 23.0. The molecule has 8 heteroatoms. The van der Waals surface area contributed by atoms with Gasteiger partial charge < -0.3 is 19.6 Å². The lowest BCUT2D eigenvalue weighted by Crippen LogP contribution is -2.56. The summed E-state index contributed by atoms with van der Waals surface area (Å²) in [6.45, 7) is 15.0. The van der Waals surface area contributed by atoms with Crippen molar-refractivity contribution >= 4 is 29.5 Å². The second kappa shape index (κ2) is 12.8. The van der Waals surface area contributed by atoms with Crippen LogP contribution in [0.2, 0.25) is 0 Å². The quantitative estimate of drug-likeness (QED) is 0.180. The molecule has 3 unspecified atom stereocenters. The highest BCUT2D eigenvalue weighted by Gasteiger charge is 2.77. The SMILES string of the molecule is C=CCCCCOC(=O)[C@@H]1[C@H]2C(=O)N(CCCCO)C(C(=O)N(CC=C)C(C)CCC)C23CC[C@@]1(C)S3. The van der Waals surface area contributed by atoms with E-state index in [-0.39, 0.29) is 30.4 Å². The first-order valence-corrected chi connectivity index (χ1v) is 14.8. The van der Waals surface area contributed by atoms with Crippen LogP contribution in [0.1, 0.15) is 78.6 Å². The molecule has 3 fully saturated rings. The van der Waals surface area contributed by atoms with E-state index in [0.29, 0.717) is 32.5 Å². The summed E-state index contributed by atoms with van der Waals surface area (Å²) >= 11 is 1.68. The lowest BCUT2D eigenvalue weighted by molar-refractivity contribution is -0.155. The molecule has 3 aliphatic heterocycles. The summed E-state index contributed by atoms with van der Waals surface area (Å²) in [6.07, 6.45) is 10.6. The second-order valence-corrected chi connectivity index (χ2v) is 13.0. The van der Waals surface area contributed by atoms with Crippen molar-refractivity contribution in [2.24, 2.45) is 11.8 Å². The van der Waals surface area contributed by atoms with Gasteiger partial charge in [-0.05, 0) is 65.2 Å². The van der Waals surface area contributed by atoms with E-state index >= 15 is 0 Å². The van der Waals surface area contributed by atoms with E-state index in [1.54, 1.807) is 22.7 Å². The molecule has 3 aliphatic rings. The van der Waals surface area contributed by atoms with E-state index in [1.807, 2.05) is 11.0 Å². The van der Waals surface area contributed by atoms with E-state index in [1.165, 1.54) is 0 Å². The van der Waals surface area contributed by atoms with E-state index in [9.17, 15) is 19.5 Å². The van der Waals surface area contributed by atoms with Crippen LogP contribution in [0.4, 0.5) is 0 Å². The largest absolute Gasteiger partial charge is 0.465 e. The standard InChI is InChI=1S/C29H46N2O5S/c1-6-9-10-13-20-36-27(35)23-22-25(33)31(18-11-12-19-32)24(29(22)16-15-28(23,5)37-29)26(34)30(17-8-3)21(4)14-7-2/h6,8,21-24,32H,1,3,7,9-20H2,2,4-5H3/t21?,22-,23-,24?,28+,29?/m0/s1. The van der Waals surface area contributed by atoms with Crippen molar-refractivity contribution in [3.63, 3.8) is 0 Å². The number of ether oxygens (including phenoxy) is 1. The summed E-state index contributed by atoms with van der Waals surface area (Å²) in [6, 6.07) is -0.601. The van der Waals surface area contributed by atoms with Gasteiger partial charge in [0, 0.05) is 30.5 Å². The van der Waals surface area contributed by atoms with Crippen molar-refractivity contribution in [2.75, 3.05) is 26.3 Å². The Hall–Kier alpha value is -1.80. The van der Waals surface area contributed by atoms with Crippen LogP contribution in [-0.4, -0.2) is 80.6 Å². The summed E-state index contributed by atoms with van der Waals surface area (Å²) in [7, 11) is 0. The Morgan fingerprint density at radius 2 is 2.00 bits per heavy atom. The van der Waals surface area contributed by atoms with Crippen LogP contribution >= 0.6 is 11.8 Å². The molecule has 1 spiro atoms. The van der Waals surface area contributed by atoms with Gasteiger partial charge in [-0.3, -0.25) is 14.4 Å². The molecule has 2 amide bonds. The van der Waals surface area contributed by atoms with Crippen LogP contribution in [0.5, 0.6) is 0 Å². The molecule has 37 heavy (non-hydrogen) atoms. The molecule has 3 saturated heterocycles. The number of nitrogens with zero attached hydrogens (tertiary/aromatic N) is 2. The van der Waals surface area contributed by atoms with Gasteiger partial charge in [0.1, 0.15) is 6.04 Å². The molecular formula is C29H46N2O5S. The summed E-state index contributed by atoms with van der Waals surface area (Å²) in [5.74, 6) is -1.58. The molecule has 2 bridgehead atoms. The minimum Gasteiger partial charge on any atom is -0.465 e. The number of allylic oxidation sites excluding steroid dienone is 1. The average Bonchev–Trinajstić information content (AvgIpc) is 3.43. The second-order valence-electron chi connectivity index (χ2n) is 11.1. The van der Waals surface area contributed by atoms with Gasteiger partial charge in [-0.15, -0.1) is 24.9 Å². The molecule has 0 aromatic rings. The molecular weight excluding hydrogens is 488 g/mol. The maximum atomic E-state index is 14.3. The van der Waals surface area contributed by atoms with Gasteiger partial charge in [-0.25, -0.2) is 0 Å². The first-order valence-electron chi connectivity index (χ1n) is 14.0. The van der Waals surface area contributed by atoms with E-state index in [4.69, 9.17) is 4.74 Å². The highest BCUT2D eigenvalue weighted by Crippen LogP contribution is 2.71. The number of hydrogen-bond acceptors (Lipinski definition) is 6. The molecule has 7 nitrogen and oxygen atoms in total. The van der Waals surface area contributed by atoms with Crippen LogP contribution in [0, 0.1) is 11.8 Å². The van der Waals surface area contributed by atoms with E-state index in [2.05, 4.69) is 33.9 Å². The van der Waals surface area contributed by atoms with Crippen LogP contribution in [0.25, 0.3) is 0 Å². The molecule has 6 atom stereocenters. The first-order chi connectivity index (χ1) is 17.7. The number of fused-ring (bicyclic) bond motifs is 1. The Morgan fingerprint density at radius 1 is 1.24 bits per heavy atom. The van der Waals surface area contributed by atoms with Gasteiger partial charge in [0.2, 0.25) is 11.8 Å². The number of aliphatic hydroxyl groups is 1. The third-order valence-corrected chi connectivity index (χ3v) is 10.5. The number of carbonyl (C=O) groups excluding carboxylic acids is 3. The summed E-state index contributed by atoms with van der Waals surface area (Å²) < 4.78 is 4.67. The summed E-state index contributed by atoms with van der Waals surface area (Å²) in [5, 5.41) is 9.36. The van der Waals surface area contributed by atoms with Gasteiger partial charge in [0.05, 0.1) is 23.2 Å². The van der Waals surface area contributed by atoms with Gasteiger partial charge in [-0.1, -0.05) is 25.5 Å². The fourth-order valence-electron chi connectivity index (χ4n) is 6.71. The van der Waals surface area contributed by atoms with Gasteiger partial charge in [-0.2, -0.15) is 0 Å². The minimum absolute atomic E-state index is 0.0239. The molecule has 0 aromatic carbocycles. The number of thioether (sulfide) groups is 1. The van der Waals surface area contributed by atoms with E-state index < -0.39 is 27.4 Å². The maximum absolute atomic E-state index is 14.3. The Labute approximate surface area is 227 Å². The third-order valence-electron chi connectivity index (χ3n) is 8.47. The van der Waals surface area contributed by atoms with Gasteiger partial charge in [0.25, 0.3) is 0 Å². The maximum Gasteiger partial charge on any atom is 0.311 e. The molecule has 3 rings (SSSR count). The number of esters is 1. The van der Waals surface area contributed by atoms with Crippen molar-refractivity contribution in [2.45, 2.75) is 100 Å². The van der Waals surface area contributed by atoms with Crippen LogP contribution in [-0.2, 0) is 19.1 Å².